The second-order valence-electron chi connectivity index (χ2n) is 5.79. The van der Waals surface area contributed by atoms with Crippen LogP contribution in [-0.2, 0) is 5.54 Å². The Morgan fingerprint density at radius 1 is 1.13 bits per heavy atom. The molecule has 2 N–H and O–H groups in total. The van der Waals surface area contributed by atoms with E-state index in [0.29, 0.717) is 11.7 Å². The molecule has 23 heavy (non-hydrogen) atoms. The molecule has 1 fully saturated rings. The van der Waals surface area contributed by atoms with Crippen LogP contribution >= 0.6 is 12.4 Å². The van der Waals surface area contributed by atoms with Crippen molar-refractivity contribution < 1.29 is 9.26 Å². The number of rotatable bonds is 3. The number of aromatic nitrogens is 2. The van der Waals surface area contributed by atoms with Crippen molar-refractivity contribution in [2.75, 3.05) is 7.11 Å². The van der Waals surface area contributed by atoms with Gasteiger partial charge >= 0.3 is 0 Å². The van der Waals surface area contributed by atoms with Gasteiger partial charge in [-0.2, -0.15) is 4.98 Å². The molecular formula is C17H18ClN3O2. The highest BCUT2D eigenvalue weighted by atomic mass is 35.5. The largest absolute Gasteiger partial charge is 0.496 e. The summed E-state index contributed by atoms with van der Waals surface area (Å²) in [4.78, 5) is 4.54. The Morgan fingerprint density at radius 2 is 1.87 bits per heavy atom. The zero-order valence-electron chi connectivity index (χ0n) is 12.8. The van der Waals surface area contributed by atoms with Gasteiger partial charge in [0.2, 0.25) is 0 Å². The Kier molecular flexibility index (Phi) is 4.00. The van der Waals surface area contributed by atoms with E-state index in [1.54, 1.807) is 7.11 Å². The molecule has 4 rings (SSSR count). The van der Waals surface area contributed by atoms with Crippen molar-refractivity contribution in [3.05, 3.63) is 42.2 Å². The third-order valence-electron chi connectivity index (χ3n) is 4.45. The summed E-state index contributed by atoms with van der Waals surface area (Å²) in [5.41, 5.74) is 6.76. The number of methoxy groups -OCH3 is 1. The van der Waals surface area contributed by atoms with Gasteiger partial charge in [-0.15, -0.1) is 12.4 Å². The summed E-state index contributed by atoms with van der Waals surface area (Å²) in [5.74, 6) is 1.94. The highest BCUT2D eigenvalue weighted by molar-refractivity contribution is 5.98. The second-order valence-corrected chi connectivity index (χ2v) is 5.79. The van der Waals surface area contributed by atoms with Crippen LogP contribution in [-0.4, -0.2) is 17.3 Å². The molecule has 1 saturated carbocycles. The quantitative estimate of drug-likeness (QED) is 0.792. The molecule has 3 aromatic rings. The maximum Gasteiger partial charge on any atom is 0.258 e. The smallest absolute Gasteiger partial charge is 0.258 e. The summed E-state index contributed by atoms with van der Waals surface area (Å²) in [6.07, 6.45) is 2.94. The molecule has 1 aliphatic carbocycles. The maximum absolute atomic E-state index is 6.27. The van der Waals surface area contributed by atoms with Crippen molar-refractivity contribution in [2.24, 2.45) is 5.73 Å². The lowest BCUT2D eigenvalue weighted by molar-refractivity contribution is 0.229. The van der Waals surface area contributed by atoms with Crippen molar-refractivity contribution in [1.82, 2.24) is 10.1 Å². The Bertz CT molecular complexity index is 843. The van der Waals surface area contributed by atoms with E-state index in [0.717, 1.165) is 41.3 Å². The molecule has 2 aromatic carbocycles. The fraction of sp³-hybridized carbons (Fsp3) is 0.294. The number of nitrogens with zero attached hydrogens (tertiary/aromatic N) is 2. The third kappa shape index (κ3) is 2.46. The van der Waals surface area contributed by atoms with Crippen LogP contribution in [0, 0.1) is 0 Å². The first kappa shape index (κ1) is 15.8. The summed E-state index contributed by atoms with van der Waals surface area (Å²) in [5, 5.41) is 6.14. The van der Waals surface area contributed by atoms with E-state index in [-0.39, 0.29) is 12.4 Å². The second kappa shape index (κ2) is 5.83. The monoisotopic (exact) mass is 331 g/mol. The van der Waals surface area contributed by atoms with Gasteiger partial charge in [0.1, 0.15) is 5.75 Å². The van der Waals surface area contributed by atoms with E-state index < -0.39 is 5.54 Å². The van der Waals surface area contributed by atoms with Crippen LogP contribution in [0.1, 0.15) is 25.1 Å². The highest BCUT2D eigenvalue weighted by Gasteiger charge is 2.39. The van der Waals surface area contributed by atoms with E-state index in [1.807, 2.05) is 36.4 Å². The minimum absolute atomic E-state index is 0. The molecule has 1 heterocycles. The van der Waals surface area contributed by atoms with Crippen LogP contribution in [0.25, 0.3) is 22.2 Å². The van der Waals surface area contributed by atoms with Gasteiger partial charge in [-0.25, -0.2) is 0 Å². The standard InChI is InChI=1S/C17H17N3O2.ClH/c1-21-14-8-7-13(11-5-2-3-6-12(11)14)15-19-16(20-22-15)17(18)9-4-10-17;/h2-3,5-8H,4,9-10,18H2,1H3;1H. The number of benzene rings is 2. The summed E-state index contributed by atoms with van der Waals surface area (Å²) in [7, 11) is 1.67. The molecule has 1 aromatic heterocycles. The van der Waals surface area contributed by atoms with E-state index >= 15 is 0 Å². The molecule has 1 aliphatic rings. The lowest BCUT2D eigenvalue weighted by Gasteiger charge is -2.34. The van der Waals surface area contributed by atoms with E-state index in [4.69, 9.17) is 15.0 Å². The molecule has 0 amide bonds. The van der Waals surface area contributed by atoms with Gasteiger partial charge in [-0.05, 0) is 36.8 Å². The molecule has 0 unspecified atom stereocenters. The van der Waals surface area contributed by atoms with Gasteiger partial charge in [0, 0.05) is 10.9 Å². The van der Waals surface area contributed by atoms with Crippen molar-refractivity contribution in [1.29, 1.82) is 0 Å². The Hall–Kier alpha value is -2.11. The molecule has 6 heteroatoms. The molecule has 0 bridgehead atoms. The minimum Gasteiger partial charge on any atom is -0.496 e. The molecule has 5 nitrogen and oxygen atoms in total. The molecular weight excluding hydrogens is 314 g/mol. The Balaban J connectivity index is 0.00000156. The minimum atomic E-state index is -0.413. The van der Waals surface area contributed by atoms with Crippen molar-refractivity contribution in [3.63, 3.8) is 0 Å². The first-order valence-electron chi connectivity index (χ1n) is 7.40. The first-order chi connectivity index (χ1) is 10.7. The van der Waals surface area contributed by atoms with Crippen LogP contribution in [0.15, 0.2) is 40.9 Å². The van der Waals surface area contributed by atoms with Crippen LogP contribution in [0.3, 0.4) is 0 Å². The van der Waals surface area contributed by atoms with Gasteiger partial charge in [0.15, 0.2) is 5.82 Å². The average Bonchev–Trinajstić information content (AvgIpc) is 3.01. The maximum atomic E-state index is 6.27. The van der Waals surface area contributed by atoms with Crippen molar-refractivity contribution in [3.8, 4) is 17.2 Å². The lowest BCUT2D eigenvalue weighted by atomic mass is 9.77. The summed E-state index contributed by atoms with van der Waals surface area (Å²) >= 11 is 0. The normalized spacial score (nSPS) is 15.7. The fourth-order valence-corrected chi connectivity index (χ4v) is 2.95. The summed E-state index contributed by atoms with van der Waals surface area (Å²) in [6, 6.07) is 11.9. The van der Waals surface area contributed by atoms with E-state index in [2.05, 4.69) is 10.1 Å². The predicted molar refractivity (Wildman–Crippen MR) is 90.8 cm³/mol. The molecule has 120 valence electrons. The lowest BCUT2D eigenvalue weighted by Crippen LogP contribution is -2.44. The number of nitrogens with two attached hydrogens (primary N) is 1. The number of hydrogen-bond donors (Lipinski definition) is 1. The van der Waals surface area contributed by atoms with Crippen LogP contribution < -0.4 is 10.5 Å². The topological polar surface area (TPSA) is 74.2 Å². The predicted octanol–water partition coefficient (Wildman–Crippen LogP) is 3.66. The number of hydrogen-bond acceptors (Lipinski definition) is 5. The highest BCUT2D eigenvalue weighted by Crippen LogP contribution is 2.39. The van der Waals surface area contributed by atoms with E-state index in [9.17, 15) is 0 Å². The number of ether oxygens (including phenoxy) is 1. The van der Waals surface area contributed by atoms with Gasteiger partial charge in [0.05, 0.1) is 12.6 Å². The number of halogens is 1. The molecule has 0 atom stereocenters. The molecule has 0 saturated heterocycles. The van der Waals surface area contributed by atoms with Gasteiger partial charge in [-0.3, -0.25) is 0 Å². The average molecular weight is 332 g/mol. The van der Waals surface area contributed by atoms with Crippen LogP contribution in [0.5, 0.6) is 5.75 Å². The zero-order valence-corrected chi connectivity index (χ0v) is 13.6. The fourth-order valence-electron chi connectivity index (χ4n) is 2.95. The summed E-state index contributed by atoms with van der Waals surface area (Å²) in [6.45, 7) is 0. The van der Waals surface area contributed by atoms with Crippen LogP contribution in [0.2, 0.25) is 0 Å². The summed E-state index contributed by atoms with van der Waals surface area (Å²) < 4.78 is 10.9. The SMILES string of the molecule is COc1ccc(-c2nc(C3(N)CCC3)no2)c2ccccc12.Cl. The molecule has 0 aliphatic heterocycles. The Morgan fingerprint density at radius 3 is 2.52 bits per heavy atom. The third-order valence-corrected chi connectivity index (χ3v) is 4.45. The zero-order chi connectivity index (χ0) is 15.2. The van der Waals surface area contributed by atoms with Crippen molar-refractivity contribution in [2.45, 2.75) is 24.8 Å². The Labute approximate surface area is 140 Å². The van der Waals surface area contributed by atoms with Crippen LogP contribution in [0.4, 0.5) is 0 Å². The van der Waals surface area contributed by atoms with Gasteiger partial charge in [-0.1, -0.05) is 29.4 Å². The van der Waals surface area contributed by atoms with Gasteiger partial charge < -0.3 is 15.0 Å². The number of fused-ring (bicyclic) bond motifs is 1. The van der Waals surface area contributed by atoms with E-state index in [1.165, 1.54) is 0 Å². The van der Waals surface area contributed by atoms with Crippen molar-refractivity contribution >= 4 is 23.2 Å². The molecule has 0 spiro atoms. The first-order valence-corrected chi connectivity index (χ1v) is 7.40. The molecule has 0 radical (unpaired) electrons. The van der Waals surface area contributed by atoms with Gasteiger partial charge in [0.25, 0.3) is 5.89 Å².